The van der Waals surface area contributed by atoms with E-state index in [1.165, 1.54) is 0 Å². The van der Waals surface area contributed by atoms with Gasteiger partial charge in [0.1, 0.15) is 0 Å². The summed E-state index contributed by atoms with van der Waals surface area (Å²) in [7, 11) is 0. The number of ether oxygens (including phenoxy) is 1. The van der Waals surface area contributed by atoms with Crippen molar-refractivity contribution >= 4 is 17.6 Å². The number of Topliss-reactive ketones (excluding diaryl/α,β-unsaturated/α-hetero) is 1. The summed E-state index contributed by atoms with van der Waals surface area (Å²) in [6, 6.07) is 7.60. The normalized spacial score (nSPS) is 15.1. The number of anilines is 1. The van der Waals surface area contributed by atoms with E-state index in [2.05, 4.69) is 4.90 Å². The average molecular weight is 276 g/mol. The average Bonchev–Trinajstić information content (AvgIpc) is 2.48. The fraction of sp³-hybridized carbons (Fsp3) is 0.467. The van der Waals surface area contributed by atoms with Crippen LogP contribution in [0.4, 0.5) is 10.5 Å². The summed E-state index contributed by atoms with van der Waals surface area (Å²) >= 11 is 0. The van der Waals surface area contributed by atoms with Crippen LogP contribution in [0.2, 0.25) is 0 Å². The molecule has 20 heavy (non-hydrogen) atoms. The number of piperazine rings is 1. The molecule has 1 fully saturated rings. The van der Waals surface area contributed by atoms with Gasteiger partial charge in [0.05, 0.1) is 6.61 Å². The fourth-order valence-corrected chi connectivity index (χ4v) is 2.27. The van der Waals surface area contributed by atoms with Gasteiger partial charge in [-0.25, -0.2) is 4.79 Å². The third-order valence-corrected chi connectivity index (χ3v) is 3.44. The van der Waals surface area contributed by atoms with Crippen LogP contribution in [-0.4, -0.2) is 49.6 Å². The molecule has 0 bridgehead atoms. The molecule has 0 unspecified atom stereocenters. The van der Waals surface area contributed by atoms with E-state index >= 15 is 0 Å². The van der Waals surface area contributed by atoms with Gasteiger partial charge in [-0.15, -0.1) is 0 Å². The van der Waals surface area contributed by atoms with Gasteiger partial charge in [0.15, 0.2) is 5.78 Å². The Morgan fingerprint density at radius 1 is 1.10 bits per heavy atom. The minimum absolute atomic E-state index is 0.0729. The molecular formula is C15H20N2O3. The Balaban J connectivity index is 1.93. The Bertz CT molecular complexity index is 476. The number of rotatable bonds is 3. The molecule has 0 aliphatic carbocycles. The smallest absolute Gasteiger partial charge is 0.409 e. The Hall–Kier alpha value is -2.04. The number of carbonyl (C=O) groups excluding carboxylic acids is 2. The Morgan fingerprint density at radius 3 is 2.20 bits per heavy atom. The molecule has 1 aliphatic rings. The third-order valence-electron chi connectivity index (χ3n) is 3.44. The van der Waals surface area contributed by atoms with Gasteiger partial charge in [0, 0.05) is 37.4 Å². The van der Waals surface area contributed by atoms with Crippen LogP contribution < -0.4 is 4.90 Å². The zero-order valence-corrected chi connectivity index (χ0v) is 12.0. The van der Waals surface area contributed by atoms with Gasteiger partial charge < -0.3 is 14.5 Å². The lowest BCUT2D eigenvalue weighted by Gasteiger charge is -2.35. The van der Waals surface area contributed by atoms with Crippen LogP contribution in [0.1, 0.15) is 24.2 Å². The monoisotopic (exact) mass is 276 g/mol. The highest BCUT2D eigenvalue weighted by molar-refractivity contribution is 5.94. The first-order valence-corrected chi connectivity index (χ1v) is 6.89. The topological polar surface area (TPSA) is 49.9 Å². The molecule has 1 heterocycles. The van der Waals surface area contributed by atoms with E-state index in [9.17, 15) is 9.59 Å². The summed E-state index contributed by atoms with van der Waals surface area (Å²) in [5.74, 6) is 0.0729. The molecule has 1 aromatic carbocycles. The van der Waals surface area contributed by atoms with Gasteiger partial charge in [0.25, 0.3) is 0 Å². The first kappa shape index (κ1) is 14.4. The molecule has 1 aliphatic heterocycles. The number of nitrogens with zero attached hydrogens (tertiary/aromatic N) is 2. The maximum Gasteiger partial charge on any atom is 0.409 e. The van der Waals surface area contributed by atoms with Gasteiger partial charge in [-0.3, -0.25) is 4.79 Å². The standard InChI is InChI=1S/C15H20N2O3/c1-3-20-15(19)17-10-8-16(9-11-17)14-6-4-13(5-7-14)12(2)18/h4-7H,3,8-11H2,1-2H3. The second kappa shape index (κ2) is 6.41. The molecule has 0 aromatic heterocycles. The van der Waals surface area contributed by atoms with Crippen LogP contribution in [0.5, 0.6) is 0 Å². The minimum Gasteiger partial charge on any atom is -0.450 e. The highest BCUT2D eigenvalue weighted by Crippen LogP contribution is 2.17. The van der Waals surface area contributed by atoms with Crippen LogP contribution in [0.15, 0.2) is 24.3 Å². The first-order valence-electron chi connectivity index (χ1n) is 6.89. The molecule has 1 aromatic rings. The lowest BCUT2D eigenvalue weighted by molar-refractivity contribution is 0.101. The molecule has 5 nitrogen and oxygen atoms in total. The van der Waals surface area contributed by atoms with E-state index in [-0.39, 0.29) is 11.9 Å². The van der Waals surface area contributed by atoms with Crippen molar-refractivity contribution in [3.05, 3.63) is 29.8 Å². The highest BCUT2D eigenvalue weighted by Gasteiger charge is 2.21. The largest absolute Gasteiger partial charge is 0.450 e. The zero-order valence-electron chi connectivity index (χ0n) is 12.0. The van der Waals surface area contributed by atoms with Crippen molar-refractivity contribution in [2.75, 3.05) is 37.7 Å². The molecule has 108 valence electrons. The van der Waals surface area contributed by atoms with Crippen LogP contribution in [-0.2, 0) is 4.74 Å². The predicted octanol–water partition coefficient (Wildman–Crippen LogP) is 2.17. The van der Waals surface area contributed by atoms with Gasteiger partial charge in [-0.1, -0.05) is 0 Å². The second-order valence-corrected chi connectivity index (χ2v) is 4.78. The number of carbonyl (C=O) groups is 2. The van der Waals surface area contributed by atoms with Crippen LogP contribution in [0.25, 0.3) is 0 Å². The zero-order chi connectivity index (χ0) is 14.5. The minimum atomic E-state index is -0.237. The van der Waals surface area contributed by atoms with Gasteiger partial charge in [-0.05, 0) is 38.1 Å². The summed E-state index contributed by atoms with van der Waals surface area (Å²) in [6.07, 6.45) is -0.237. The summed E-state index contributed by atoms with van der Waals surface area (Å²) in [5.41, 5.74) is 1.80. The summed E-state index contributed by atoms with van der Waals surface area (Å²) < 4.78 is 5.00. The quantitative estimate of drug-likeness (QED) is 0.794. The first-order chi connectivity index (χ1) is 9.61. The molecule has 5 heteroatoms. The molecule has 2 rings (SSSR count). The Morgan fingerprint density at radius 2 is 1.70 bits per heavy atom. The summed E-state index contributed by atoms with van der Waals surface area (Å²) in [5, 5.41) is 0. The van der Waals surface area contributed by atoms with E-state index in [1.54, 1.807) is 11.8 Å². The van der Waals surface area contributed by atoms with E-state index in [0.29, 0.717) is 19.7 Å². The number of hydrogen-bond acceptors (Lipinski definition) is 4. The van der Waals surface area contributed by atoms with Crippen molar-refractivity contribution < 1.29 is 14.3 Å². The number of ketones is 1. The van der Waals surface area contributed by atoms with Crippen molar-refractivity contribution in [1.29, 1.82) is 0 Å². The Labute approximate surface area is 119 Å². The maximum atomic E-state index is 11.6. The molecular weight excluding hydrogens is 256 g/mol. The highest BCUT2D eigenvalue weighted by atomic mass is 16.6. The van der Waals surface area contributed by atoms with Gasteiger partial charge in [-0.2, -0.15) is 0 Å². The molecule has 1 amide bonds. The predicted molar refractivity (Wildman–Crippen MR) is 77.3 cm³/mol. The Kier molecular flexibility index (Phi) is 4.61. The van der Waals surface area contributed by atoms with E-state index < -0.39 is 0 Å². The maximum absolute atomic E-state index is 11.6. The molecule has 1 saturated heterocycles. The van der Waals surface area contributed by atoms with Crippen molar-refractivity contribution in [1.82, 2.24) is 4.90 Å². The molecule has 0 spiro atoms. The molecule has 0 N–H and O–H groups in total. The fourth-order valence-electron chi connectivity index (χ4n) is 2.27. The van der Waals surface area contributed by atoms with Crippen molar-refractivity contribution in [2.24, 2.45) is 0 Å². The SMILES string of the molecule is CCOC(=O)N1CCN(c2ccc(C(C)=O)cc2)CC1. The number of amides is 1. The van der Waals surface area contributed by atoms with Crippen LogP contribution in [0.3, 0.4) is 0 Å². The molecule has 0 atom stereocenters. The lowest BCUT2D eigenvalue weighted by atomic mass is 10.1. The molecule has 0 radical (unpaired) electrons. The van der Waals surface area contributed by atoms with E-state index in [0.717, 1.165) is 24.3 Å². The van der Waals surface area contributed by atoms with Crippen molar-refractivity contribution in [3.8, 4) is 0 Å². The molecule has 0 saturated carbocycles. The van der Waals surface area contributed by atoms with Crippen LogP contribution in [0, 0.1) is 0 Å². The number of hydrogen-bond donors (Lipinski definition) is 0. The van der Waals surface area contributed by atoms with Crippen molar-refractivity contribution in [2.45, 2.75) is 13.8 Å². The van der Waals surface area contributed by atoms with E-state index in [1.807, 2.05) is 31.2 Å². The number of benzene rings is 1. The lowest BCUT2D eigenvalue weighted by Crippen LogP contribution is -2.49. The van der Waals surface area contributed by atoms with Gasteiger partial charge >= 0.3 is 6.09 Å². The van der Waals surface area contributed by atoms with Crippen molar-refractivity contribution in [3.63, 3.8) is 0 Å². The summed E-state index contributed by atoms with van der Waals surface area (Å²) in [6.45, 7) is 6.65. The van der Waals surface area contributed by atoms with Gasteiger partial charge in [0.2, 0.25) is 0 Å². The summed E-state index contributed by atoms with van der Waals surface area (Å²) in [4.78, 5) is 26.8. The second-order valence-electron chi connectivity index (χ2n) is 4.78. The van der Waals surface area contributed by atoms with Crippen LogP contribution >= 0.6 is 0 Å². The third kappa shape index (κ3) is 3.29. The van der Waals surface area contributed by atoms with E-state index in [4.69, 9.17) is 4.74 Å².